The second kappa shape index (κ2) is 7.34. The van der Waals surface area contributed by atoms with E-state index in [-0.39, 0.29) is 0 Å². The van der Waals surface area contributed by atoms with Crippen molar-refractivity contribution in [3.05, 3.63) is 11.8 Å². The number of carbonyl (C=O) groups is 1. The fraction of sp³-hybridized carbons (Fsp3) is 0.765. The molecule has 2 atom stereocenters. The third-order valence-electron chi connectivity index (χ3n) is 4.37. The monoisotopic (exact) mass is 322 g/mol. The van der Waals surface area contributed by atoms with Crippen molar-refractivity contribution in [1.29, 1.82) is 0 Å². The Morgan fingerprint density at radius 3 is 2.83 bits per heavy atom. The summed E-state index contributed by atoms with van der Waals surface area (Å²) in [5, 5.41) is 10.7. The Kier molecular flexibility index (Phi) is 5.68. The number of ether oxygens (including phenoxy) is 1. The van der Waals surface area contributed by atoms with Crippen LogP contribution in [0.5, 0.6) is 0 Å². The fourth-order valence-corrected chi connectivity index (χ4v) is 3.21. The maximum atomic E-state index is 12.0. The molecule has 0 saturated heterocycles. The molecule has 2 unspecified atom stereocenters. The van der Waals surface area contributed by atoms with Crippen molar-refractivity contribution < 1.29 is 9.53 Å². The van der Waals surface area contributed by atoms with Crippen molar-refractivity contribution in [2.24, 2.45) is 13.0 Å². The Balaban J connectivity index is 1.97. The van der Waals surface area contributed by atoms with E-state index in [1.54, 1.807) is 10.9 Å². The minimum absolute atomic E-state index is 0.449. The number of carbonyl (C=O) groups excluding carboxylic acids is 1. The van der Waals surface area contributed by atoms with Crippen LogP contribution in [-0.4, -0.2) is 27.5 Å². The van der Waals surface area contributed by atoms with Crippen LogP contribution in [0, 0.1) is 5.92 Å². The number of aromatic nitrogens is 2. The molecular formula is C17H30N4O2. The van der Waals surface area contributed by atoms with Crippen LogP contribution in [0.25, 0.3) is 0 Å². The average molecular weight is 322 g/mol. The third-order valence-corrected chi connectivity index (χ3v) is 4.37. The minimum atomic E-state index is -0.515. The topological polar surface area (TPSA) is 68.2 Å². The van der Waals surface area contributed by atoms with Gasteiger partial charge in [0, 0.05) is 25.2 Å². The van der Waals surface area contributed by atoms with Crippen LogP contribution in [0.3, 0.4) is 0 Å². The third kappa shape index (κ3) is 4.96. The first-order chi connectivity index (χ1) is 10.8. The van der Waals surface area contributed by atoms with Crippen LogP contribution in [0.1, 0.15) is 58.9 Å². The largest absolute Gasteiger partial charge is 0.444 e. The molecule has 2 rings (SSSR count). The summed E-state index contributed by atoms with van der Waals surface area (Å²) < 4.78 is 7.00. The van der Waals surface area contributed by atoms with E-state index < -0.39 is 11.7 Å². The fourth-order valence-electron chi connectivity index (χ4n) is 3.21. The average Bonchev–Trinajstić information content (AvgIpc) is 3.02. The van der Waals surface area contributed by atoms with Crippen molar-refractivity contribution in [2.75, 3.05) is 5.32 Å². The molecule has 0 radical (unpaired) electrons. The van der Waals surface area contributed by atoms with Gasteiger partial charge in [-0.05, 0) is 39.5 Å². The predicted molar refractivity (Wildman–Crippen MR) is 91.3 cm³/mol. The molecule has 0 aliphatic heterocycles. The lowest BCUT2D eigenvalue weighted by molar-refractivity contribution is 0.0634. The molecule has 1 aliphatic rings. The number of hydrogen-bond donors (Lipinski definition) is 2. The molecule has 2 N–H and O–H groups in total. The number of aryl methyl sites for hydroxylation is 1. The molecule has 1 amide bonds. The number of anilines is 1. The van der Waals surface area contributed by atoms with E-state index in [1.165, 1.54) is 25.7 Å². The number of nitrogens with one attached hydrogen (secondary N) is 2. The van der Waals surface area contributed by atoms with E-state index in [0.29, 0.717) is 18.4 Å². The summed E-state index contributed by atoms with van der Waals surface area (Å²) >= 11 is 0. The smallest absolute Gasteiger partial charge is 0.413 e. The van der Waals surface area contributed by atoms with Gasteiger partial charge in [-0.3, -0.25) is 10.00 Å². The summed E-state index contributed by atoms with van der Waals surface area (Å²) in [5.41, 5.74) is 0.472. The van der Waals surface area contributed by atoms with Gasteiger partial charge in [-0.1, -0.05) is 19.8 Å². The van der Waals surface area contributed by atoms with Crippen LogP contribution >= 0.6 is 0 Å². The van der Waals surface area contributed by atoms with Crippen LogP contribution in [-0.2, 0) is 18.3 Å². The predicted octanol–water partition coefficient (Wildman–Crippen LogP) is 3.44. The minimum Gasteiger partial charge on any atom is -0.444 e. The highest BCUT2D eigenvalue weighted by molar-refractivity contribution is 5.84. The number of nitrogens with zero attached hydrogens (tertiary/aromatic N) is 2. The van der Waals surface area contributed by atoms with Gasteiger partial charge in [0.05, 0.1) is 6.20 Å². The van der Waals surface area contributed by atoms with Crippen molar-refractivity contribution in [2.45, 2.75) is 71.6 Å². The molecule has 1 aromatic heterocycles. The van der Waals surface area contributed by atoms with Gasteiger partial charge in [-0.25, -0.2) is 4.79 Å². The summed E-state index contributed by atoms with van der Waals surface area (Å²) in [4.78, 5) is 12.0. The SMILES string of the molecule is CCC1CCCC1NCc1cnn(C)c1NC(=O)OC(C)(C)C. The van der Waals surface area contributed by atoms with Crippen molar-refractivity contribution in [3.63, 3.8) is 0 Å². The first-order valence-corrected chi connectivity index (χ1v) is 8.54. The lowest BCUT2D eigenvalue weighted by Crippen LogP contribution is -2.32. The van der Waals surface area contributed by atoms with Gasteiger partial charge in [0.15, 0.2) is 0 Å². The Bertz CT molecular complexity index is 533. The lowest BCUT2D eigenvalue weighted by atomic mass is 10.0. The quantitative estimate of drug-likeness (QED) is 0.871. The van der Waals surface area contributed by atoms with Gasteiger partial charge in [-0.2, -0.15) is 5.10 Å². The van der Waals surface area contributed by atoms with Crippen molar-refractivity contribution in [1.82, 2.24) is 15.1 Å². The molecule has 1 saturated carbocycles. The van der Waals surface area contributed by atoms with E-state index in [0.717, 1.165) is 11.5 Å². The van der Waals surface area contributed by atoms with E-state index in [9.17, 15) is 4.79 Å². The molecule has 130 valence electrons. The number of hydrogen-bond acceptors (Lipinski definition) is 4. The highest BCUT2D eigenvalue weighted by Crippen LogP contribution is 2.28. The van der Waals surface area contributed by atoms with Crippen LogP contribution < -0.4 is 10.6 Å². The van der Waals surface area contributed by atoms with Gasteiger partial charge in [0.25, 0.3) is 0 Å². The first-order valence-electron chi connectivity index (χ1n) is 8.54. The molecular weight excluding hydrogens is 292 g/mol. The Labute approximate surface area is 139 Å². The summed E-state index contributed by atoms with van der Waals surface area (Å²) in [6, 6.07) is 0.564. The molecule has 23 heavy (non-hydrogen) atoms. The summed E-state index contributed by atoms with van der Waals surface area (Å²) in [5.74, 6) is 1.45. The molecule has 6 nitrogen and oxygen atoms in total. The number of amides is 1. The maximum absolute atomic E-state index is 12.0. The molecule has 1 heterocycles. The highest BCUT2D eigenvalue weighted by atomic mass is 16.6. The molecule has 1 aliphatic carbocycles. The first kappa shape index (κ1) is 17.8. The molecule has 0 aromatic carbocycles. The highest BCUT2D eigenvalue weighted by Gasteiger charge is 2.26. The van der Waals surface area contributed by atoms with Gasteiger partial charge in [-0.15, -0.1) is 0 Å². The van der Waals surface area contributed by atoms with Gasteiger partial charge >= 0.3 is 6.09 Å². The van der Waals surface area contributed by atoms with Crippen molar-refractivity contribution in [3.8, 4) is 0 Å². The molecule has 0 spiro atoms. The zero-order valence-electron chi connectivity index (χ0n) is 15.0. The Hall–Kier alpha value is -1.56. The normalized spacial score (nSPS) is 21.4. The van der Waals surface area contributed by atoms with Gasteiger partial charge in [0.1, 0.15) is 11.4 Å². The van der Waals surface area contributed by atoms with E-state index >= 15 is 0 Å². The Morgan fingerprint density at radius 1 is 1.43 bits per heavy atom. The van der Waals surface area contributed by atoms with Gasteiger partial charge in [0.2, 0.25) is 0 Å². The lowest BCUT2D eigenvalue weighted by Gasteiger charge is -2.21. The molecule has 1 aromatic rings. The summed E-state index contributed by atoms with van der Waals surface area (Å²) in [7, 11) is 1.82. The zero-order valence-corrected chi connectivity index (χ0v) is 15.0. The molecule has 0 bridgehead atoms. The second-order valence-electron chi connectivity index (χ2n) is 7.36. The molecule has 1 fully saturated rings. The second-order valence-corrected chi connectivity index (χ2v) is 7.36. The van der Waals surface area contributed by atoms with Gasteiger partial charge < -0.3 is 10.1 Å². The van der Waals surface area contributed by atoms with Crippen LogP contribution in [0.2, 0.25) is 0 Å². The Morgan fingerprint density at radius 2 is 2.17 bits per heavy atom. The summed E-state index contributed by atoms with van der Waals surface area (Å²) in [6.07, 6.45) is 6.41. The van der Waals surface area contributed by atoms with Crippen LogP contribution in [0.4, 0.5) is 10.6 Å². The van der Waals surface area contributed by atoms with Crippen molar-refractivity contribution >= 4 is 11.9 Å². The van der Waals surface area contributed by atoms with Crippen LogP contribution in [0.15, 0.2) is 6.20 Å². The van der Waals surface area contributed by atoms with E-state index in [2.05, 4.69) is 22.7 Å². The van der Waals surface area contributed by atoms with E-state index in [1.807, 2.05) is 27.8 Å². The van der Waals surface area contributed by atoms with E-state index in [4.69, 9.17) is 4.74 Å². The summed E-state index contributed by atoms with van der Waals surface area (Å²) in [6.45, 7) is 8.51. The molecule has 6 heteroatoms. The maximum Gasteiger partial charge on any atom is 0.413 e. The zero-order chi connectivity index (χ0) is 17.0. The standard InChI is InChI=1S/C17H30N4O2/c1-6-12-8-7-9-14(12)18-10-13-11-19-21(5)15(13)20-16(22)23-17(2,3)4/h11-12,14,18H,6-10H2,1-5H3,(H,20,22). The number of rotatable bonds is 5.